The van der Waals surface area contributed by atoms with E-state index < -0.39 is 0 Å². The number of hydrogen-bond donors (Lipinski definition) is 1. The molecule has 25 heavy (non-hydrogen) atoms. The van der Waals surface area contributed by atoms with Gasteiger partial charge >= 0.3 is 0 Å². The predicted octanol–water partition coefficient (Wildman–Crippen LogP) is 2.48. The van der Waals surface area contributed by atoms with E-state index in [1.807, 2.05) is 29.6 Å². The average molecular weight is 359 g/mol. The van der Waals surface area contributed by atoms with Crippen LogP contribution in [0, 0.1) is 0 Å². The molecule has 7 heteroatoms. The molecule has 1 atom stereocenters. The molecule has 0 spiro atoms. The first kappa shape index (κ1) is 16.5. The molecule has 132 valence electrons. The Hall–Kier alpha value is -1.96. The van der Waals surface area contributed by atoms with Gasteiger partial charge in [0.25, 0.3) is 5.91 Å². The van der Waals surface area contributed by atoms with Gasteiger partial charge in [-0.05, 0) is 36.4 Å². The molecule has 2 aromatic heterocycles. The van der Waals surface area contributed by atoms with Crippen molar-refractivity contribution in [1.29, 1.82) is 0 Å². The molecule has 4 heterocycles. The Morgan fingerprint density at radius 2 is 2.16 bits per heavy atom. The van der Waals surface area contributed by atoms with Crippen LogP contribution in [0.3, 0.4) is 0 Å². The van der Waals surface area contributed by atoms with Crippen LogP contribution in [0.25, 0.3) is 0 Å². The zero-order valence-electron chi connectivity index (χ0n) is 13.9. The Kier molecular flexibility index (Phi) is 4.70. The van der Waals surface area contributed by atoms with E-state index in [9.17, 15) is 9.90 Å². The molecule has 1 unspecified atom stereocenters. The Bertz CT molecular complexity index is 734. The van der Waals surface area contributed by atoms with Gasteiger partial charge in [0.15, 0.2) is 0 Å². The molecule has 2 aliphatic rings. The number of hydrogen-bond acceptors (Lipinski definition) is 6. The highest BCUT2D eigenvalue weighted by Gasteiger charge is 2.35. The van der Waals surface area contributed by atoms with Crippen LogP contribution in [-0.4, -0.2) is 52.4 Å². The van der Waals surface area contributed by atoms with E-state index in [1.165, 1.54) is 0 Å². The standard InChI is InChI=1S/C18H21N3O3S/c22-13-5-7-20(8-6-13)12-18(23)21-15(16-3-1-9-24-16)11-14(19-21)17-4-2-10-25-17/h1-4,9-10,13,15,22H,5-8,11-12H2. The van der Waals surface area contributed by atoms with E-state index in [2.05, 4.69) is 10.0 Å². The Balaban J connectivity index is 1.52. The van der Waals surface area contributed by atoms with Crippen LogP contribution in [0.1, 0.15) is 35.9 Å². The SMILES string of the molecule is O=C(CN1CCC(O)CC1)N1N=C(c2cccs2)CC1c1ccco1. The molecule has 2 aliphatic heterocycles. The summed E-state index contributed by atoms with van der Waals surface area (Å²) in [5, 5.41) is 17.8. The van der Waals surface area contributed by atoms with Gasteiger partial charge in [0.1, 0.15) is 11.8 Å². The molecule has 1 saturated heterocycles. The number of piperidine rings is 1. The van der Waals surface area contributed by atoms with Crippen LogP contribution in [0.5, 0.6) is 0 Å². The molecule has 1 amide bonds. The van der Waals surface area contributed by atoms with Crippen LogP contribution >= 0.6 is 11.3 Å². The average Bonchev–Trinajstić information content (AvgIpc) is 3.36. The predicted molar refractivity (Wildman–Crippen MR) is 95.4 cm³/mol. The first-order valence-electron chi connectivity index (χ1n) is 8.58. The van der Waals surface area contributed by atoms with Crippen molar-refractivity contribution in [2.45, 2.75) is 31.4 Å². The maximum atomic E-state index is 12.9. The van der Waals surface area contributed by atoms with E-state index in [-0.39, 0.29) is 18.1 Å². The number of nitrogens with zero attached hydrogens (tertiary/aromatic N) is 3. The number of hydrazone groups is 1. The minimum atomic E-state index is -0.238. The van der Waals surface area contributed by atoms with Gasteiger partial charge in [-0.3, -0.25) is 9.69 Å². The number of carbonyl (C=O) groups is 1. The van der Waals surface area contributed by atoms with Gasteiger partial charge in [-0.2, -0.15) is 5.10 Å². The fourth-order valence-electron chi connectivity index (χ4n) is 3.38. The lowest BCUT2D eigenvalue weighted by Crippen LogP contribution is -2.43. The van der Waals surface area contributed by atoms with Gasteiger partial charge in [0.05, 0.1) is 29.5 Å². The van der Waals surface area contributed by atoms with E-state index >= 15 is 0 Å². The fourth-order valence-corrected chi connectivity index (χ4v) is 4.10. The number of likely N-dealkylation sites (tertiary alicyclic amines) is 1. The second-order valence-electron chi connectivity index (χ2n) is 6.50. The van der Waals surface area contributed by atoms with Gasteiger partial charge in [0, 0.05) is 19.5 Å². The van der Waals surface area contributed by atoms with Gasteiger partial charge in [0.2, 0.25) is 0 Å². The highest BCUT2D eigenvalue weighted by atomic mass is 32.1. The van der Waals surface area contributed by atoms with E-state index in [4.69, 9.17) is 4.42 Å². The summed E-state index contributed by atoms with van der Waals surface area (Å²) < 4.78 is 5.56. The number of rotatable bonds is 4. The molecule has 1 N–H and O–H groups in total. The lowest BCUT2D eigenvalue weighted by molar-refractivity contribution is -0.135. The van der Waals surface area contributed by atoms with Gasteiger partial charge < -0.3 is 9.52 Å². The van der Waals surface area contributed by atoms with Crippen molar-refractivity contribution in [3.05, 3.63) is 46.5 Å². The molecule has 4 rings (SSSR count). The molecule has 0 bridgehead atoms. The lowest BCUT2D eigenvalue weighted by atomic mass is 10.1. The molecule has 0 saturated carbocycles. The van der Waals surface area contributed by atoms with Crippen molar-refractivity contribution in [3.63, 3.8) is 0 Å². The van der Waals surface area contributed by atoms with Crippen molar-refractivity contribution >= 4 is 23.0 Å². The van der Waals surface area contributed by atoms with E-state index in [0.29, 0.717) is 13.0 Å². The van der Waals surface area contributed by atoms with Crippen molar-refractivity contribution in [2.75, 3.05) is 19.6 Å². The number of aliphatic hydroxyl groups excluding tert-OH is 1. The second-order valence-corrected chi connectivity index (χ2v) is 7.45. The van der Waals surface area contributed by atoms with E-state index in [0.717, 1.165) is 42.3 Å². The smallest absolute Gasteiger partial charge is 0.257 e. The van der Waals surface area contributed by atoms with Crippen LogP contribution in [0.4, 0.5) is 0 Å². The normalized spacial score (nSPS) is 22.4. The minimum Gasteiger partial charge on any atom is -0.467 e. The topological polar surface area (TPSA) is 69.3 Å². The second kappa shape index (κ2) is 7.11. The Morgan fingerprint density at radius 1 is 1.32 bits per heavy atom. The molecular formula is C18H21N3O3S. The van der Waals surface area contributed by atoms with Crippen LogP contribution in [-0.2, 0) is 4.79 Å². The number of furan rings is 1. The summed E-state index contributed by atoms with van der Waals surface area (Å²) in [6.07, 6.45) is 3.50. The van der Waals surface area contributed by atoms with Crippen molar-refractivity contribution in [2.24, 2.45) is 5.10 Å². The van der Waals surface area contributed by atoms with Crippen molar-refractivity contribution in [1.82, 2.24) is 9.91 Å². The summed E-state index contributed by atoms with van der Waals surface area (Å²) in [6.45, 7) is 1.81. The first-order chi connectivity index (χ1) is 12.2. The number of carbonyl (C=O) groups excluding carboxylic acids is 1. The van der Waals surface area contributed by atoms with E-state index in [1.54, 1.807) is 22.6 Å². The third-order valence-electron chi connectivity index (χ3n) is 4.76. The third-order valence-corrected chi connectivity index (χ3v) is 5.68. The van der Waals surface area contributed by atoms with Crippen molar-refractivity contribution in [3.8, 4) is 0 Å². The molecule has 0 aliphatic carbocycles. The maximum absolute atomic E-state index is 12.9. The molecule has 0 aromatic carbocycles. The number of thiophene rings is 1. The molecule has 0 radical (unpaired) electrons. The molecule has 6 nitrogen and oxygen atoms in total. The van der Waals surface area contributed by atoms with Gasteiger partial charge in [-0.15, -0.1) is 11.3 Å². The highest BCUT2D eigenvalue weighted by molar-refractivity contribution is 7.12. The third kappa shape index (κ3) is 3.53. The number of aliphatic hydroxyl groups is 1. The largest absolute Gasteiger partial charge is 0.467 e. The monoisotopic (exact) mass is 359 g/mol. The first-order valence-corrected chi connectivity index (χ1v) is 9.46. The Morgan fingerprint density at radius 3 is 2.84 bits per heavy atom. The van der Waals surface area contributed by atoms with Gasteiger partial charge in [-0.1, -0.05) is 6.07 Å². The van der Waals surface area contributed by atoms with Crippen LogP contribution < -0.4 is 0 Å². The summed E-state index contributed by atoms with van der Waals surface area (Å²) >= 11 is 1.63. The summed E-state index contributed by atoms with van der Waals surface area (Å²) in [6, 6.07) is 7.58. The summed E-state index contributed by atoms with van der Waals surface area (Å²) in [7, 11) is 0. The van der Waals surface area contributed by atoms with Crippen molar-refractivity contribution < 1.29 is 14.3 Å². The summed E-state index contributed by atoms with van der Waals surface area (Å²) in [5.41, 5.74) is 0.929. The lowest BCUT2D eigenvalue weighted by Gasteiger charge is -2.30. The molecular weight excluding hydrogens is 338 g/mol. The summed E-state index contributed by atoms with van der Waals surface area (Å²) in [4.78, 5) is 16.1. The minimum absolute atomic E-state index is 0.0238. The zero-order valence-corrected chi connectivity index (χ0v) is 14.7. The van der Waals surface area contributed by atoms with Gasteiger partial charge in [-0.25, -0.2) is 5.01 Å². The highest BCUT2D eigenvalue weighted by Crippen LogP contribution is 2.34. The molecule has 2 aromatic rings. The van der Waals surface area contributed by atoms with Crippen LogP contribution in [0.15, 0.2) is 45.4 Å². The Labute approximate surface area is 150 Å². The maximum Gasteiger partial charge on any atom is 0.257 e. The number of amides is 1. The fraction of sp³-hybridized carbons (Fsp3) is 0.444. The molecule has 1 fully saturated rings. The summed E-state index contributed by atoms with van der Waals surface area (Å²) in [5.74, 6) is 0.738. The van der Waals surface area contributed by atoms with Crippen LogP contribution in [0.2, 0.25) is 0 Å². The zero-order chi connectivity index (χ0) is 17.2. The quantitative estimate of drug-likeness (QED) is 0.910.